The van der Waals surface area contributed by atoms with Crippen molar-refractivity contribution in [3.8, 4) is 0 Å². The van der Waals surface area contributed by atoms with Gasteiger partial charge in [-0.25, -0.2) is 0 Å². The van der Waals surface area contributed by atoms with Gasteiger partial charge < -0.3 is 0 Å². The molecule has 1 spiro atoms. The van der Waals surface area contributed by atoms with Gasteiger partial charge in [-0.05, 0) is 0 Å². The van der Waals surface area contributed by atoms with E-state index in [0.29, 0.717) is 17.2 Å². The van der Waals surface area contributed by atoms with Crippen molar-refractivity contribution >= 4 is 33.3 Å². The molecule has 8 bridgehead atoms. The van der Waals surface area contributed by atoms with Crippen molar-refractivity contribution in [1.82, 2.24) is 21.3 Å². The first-order valence-electron chi connectivity index (χ1n) is 24.7. The van der Waals surface area contributed by atoms with Crippen LogP contribution in [0, 0.1) is 47.3 Å². The van der Waals surface area contributed by atoms with E-state index in [4.69, 9.17) is 0 Å². The SMILES string of the molecule is C[Si](C)(C)[C]12[CH]3[C]4(C(P)(C5CNCCN5)C5CNCCN5)[C]5(CP(C6C7CC8CC(C7)CC6C8)C6C7CC8CC(C7)CC6C8)[C]1([Si](C)(C)C)[Fe]35421678[CH]2[CH]1[CH]6[CH]7[CH]28. The molecule has 8 aliphatic carbocycles. The zero-order valence-corrected chi connectivity index (χ0v) is 40.4. The Morgan fingerprint density at radius 3 is 1.35 bits per heavy atom. The average molecular weight is 859 g/mol. The van der Waals surface area contributed by atoms with Crippen molar-refractivity contribution < 1.29 is 6.51 Å². The number of nitrogens with one attached hydrogen (secondary N) is 4. The molecule has 12 aliphatic heterocycles. The third-order valence-corrected chi connectivity index (χ3v) is 99.8. The molecule has 20 rings (SSSR count). The summed E-state index contributed by atoms with van der Waals surface area (Å²) in [5, 5.41) is 17.5. The summed E-state index contributed by atoms with van der Waals surface area (Å²) in [7, 11) is 1.16. The fourth-order valence-electron chi connectivity index (χ4n) is 36.3. The molecule has 9 heteroatoms. The van der Waals surface area contributed by atoms with Crippen molar-refractivity contribution in [2.24, 2.45) is 47.3 Å². The molecule has 0 radical (unpaired) electrons. The Kier molecular flexibility index (Phi) is 3.52. The first kappa shape index (κ1) is 32.3. The maximum atomic E-state index is 4.47. The molecule has 8 saturated carbocycles. The third-order valence-electron chi connectivity index (χ3n) is 31.0. The van der Waals surface area contributed by atoms with Crippen molar-refractivity contribution in [3.63, 3.8) is 0 Å². The number of fused-ring (bicyclic) bond motifs is 10. The molecule has 55 heavy (non-hydrogen) atoms. The van der Waals surface area contributed by atoms with Gasteiger partial charge in [0.1, 0.15) is 0 Å². The van der Waals surface area contributed by atoms with Gasteiger partial charge in [0.2, 0.25) is 0 Å². The Morgan fingerprint density at radius 2 is 1.02 bits per heavy atom. The standard InChI is InChI=1S/C41H71N4P2Si2.C5H5.Fe/c1-48(2,3)35-21-34(41(46,36-22-42-7-9-44-36)37-23-43-8-10-45-37)33(40(35)49(4,5)6)24-47(38-29-13-25-11-26(15-29)16-30(38)14-25)39-31-17-27-12-28(19-31)20-32(39)18-27;1-2-4-5-3-1;/h21,25-32,36-39,42-45H,7-20,22-24,46H2,1-6H3;1-5H;. The van der Waals surface area contributed by atoms with Crippen LogP contribution in [0.5, 0.6) is 0 Å². The molecule has 12 heterocycles. The van der Waals surface area contributed by atoms with E-state index in [0.717, 1.165) is 63.8 Å². The molecule has 4 N–H and O–H groups in total. The normalized spacial score (nSPS) is 77.7. The molecule has 12 saturated heterocycles. The number of hydrogen-bond donors (Lipinski definition) is 4. The molecular formula is C46H76FeN4P2Si2. The molecule has 306 valence electrons. The Labute approximate surface area is 329 Å². The molecule has 0 aromatic rings. The summed E-state index contributed by atoms with van der Waals surface area (Å²) in [6.45, 7) is 21.2. The average Bonchev–Trinajstić information content (AvgIpc) is 4.09. The fourth-order valence-corrected chi connectivity index (χ4v) is 184. The van der Waals surface area contributed by atoms with Crippen LogP contribution in [0.2, 0.25) is 84.7 Å². The molecule has 0 aromatic carbocycles. The van der Waals surface area contributed by atoms with E-state index < -0.39 is 22.7 Å². The first-order chi connectivity index (χ1) is 26.1. The monoisotopic (exact) mass is 858 g/mol. The summed E-state index contributed by atoms with van der Waals surface area (Å²) < 4.78 is 3.56. The van der Waals surface area contributed by atoms with Gasteiger partial charge in [-0.3, -0.25) is 0 Å². The molecule has 0 aromatic heterocycles. The Bertz CT molecular complexity index is 2190. The van der Waals surface area contributed by atoms with Gasteiger partial charge in [-0.1, -0.05) is 0 Å². The molecule has 0 amide bonds. The second kappa shape index (κ2) is 5.99. The van der Waals surface area contributed by atoms with Crippen LogP contribution < -0.4 is 21.3 Å². The van der Waals surface area contributed by atoms with Crippen LogP contribution in [0.15, 0.2) is 0 Å². The number of piperazine rings is 2. The maximum absolute atomic E-state index is 4.47. The molecule has 8 unspecified atom stereocenters. The predicted molar refractivity (Wildman–Crippen MR) is 235 cm³/mol. The fraction of sp³-hybridized carbons (Fsp3) is 1.00. The van der Waals surface area contributed by atoms with Crippen LogP contribution in [0.4, 0.5) is 0 Å². The predicted octanol–water partition coefficient (Wildman–Crippen LogP) is 9.48. The van der Waals surface area contributed by atoms with E-state index in [-0.39, 0.29) is 7.92 Å². The summed E-state index contributed by atoms with van der Waals surface area (Å²) in [6.07, 6.45) is 18.6. The van der Waals surface area contributed by atoms with Crippen molar-refractivity contribution in [3.05, 3.63) is 0 Å². The second-order valence-corrected chi connectivity index (χ2v) is 67.1. The summed E-state index contributed by atoms with van der Waals surface area (Å²) in [6, 6.07) is 1.26. The third kappa shape index (κ3) is 1.11. The molecule has 8 atom stereocenters. The summed E-state index contributed by atoms with van der Waals surface area (Å²) in [5.41, 5.74) is 2.37. The minimum atomic E-state index is -4.47. The van der Waals surface area contributed by atoms with Crippen molar-refractivity contribution in [2.75, 3.05) is 45.4 Å². The van der Waals surface area contributed by atoms with Gasteiger partial charge in [-0.15, -0.1) is 0 Å². The Hall–Kier alpha value is 1.65. The zero-order valence-electron chi connectivity index (χ0n) is 35.3. The number of rotatable bonds is 9. The zero-order chi connectivity index (χ0) is 36.6. The van der Waals surface area contributed by atoms with Gasteiger partial charge in [0, 0.05) is 0 Å². The van der Waals surface area contributed by atoms with E-state index in [1.165, 1.54) is 79.5 Å². The van der Waals surface area contributed by atoms with Crippen LogP contribution in [0.25, 0.3) is 0 Å². The summed E-state index contributed by atoms with van der Waals surface area (Å²) in [4.78, 5) is 8.07. The minimum absolute atomic E-state index is 0.0737. The van der Waals surface area contributed by atoms with E-state index in [9.17, 15) is 0 Å². The van der Waals surface area contributed by atoms with Gasteiger partial charge in [0.25, 0.3) is 0 Å². The summed E-state index contributed by atoms with van der Waals surface area (Å²) >= 11 is 0. The molecule has 4 nitrogen and oxygen atoms in total. The van der Waals surface area contributed by atoms with E-state index in [1.54, 1.807) is 64.2 Å². The van der Waals surface area contributed by atoms with Crippen LogP contribution in [-0.2, 0) is 6.51 Å². The second-order valence-electron chi connectivity index (χ2n) is 29.4. The molecule has 20 fully saturated rings. The van der Waals surface area contributed by atoms with Crippen LogP contribution in [0.1, 0.15) is 64.2 Å². The molecule has 20 aliphatic rings. The quantitative estimate of drug-likeness (QED) is 0.138. The van der Waals surface area contributed by atoms with Crippen LogP contribution in [0.3, 0.4) is 0 Å². The van der Waals surface area contributed by atoms with Crippen molar-refractivity contribution in [2.45, 2.75) is 177 Å². The topological polar surface area (TPSA) is 48.1 Å². The van der Waals surface area contributed by atoms with Crippen LogP contribution in [-0.4, -0.2) is 90.1 Å². The van der Waals surface area contributed by atoms with Gasteiger partial charge >= 0.3 is 331 Å². The van der Waals surface area contributed by atoms with E-state index >= 15 is 0 Å². The van der Waals surface area contributed by atoms with Gasteiger partial charge in [-0.2, -0.15) is 0 Å². The number of hydrogen-bond acceptors (Lipinski definition) is 4. The molecular weight excluding hydrogens is 782 g/mol. The van der Waals surface area contributed by atoms with Gasteiger partial charge in [0.15, 0.2) is 0 Å². The van der Waals surface area contributed by atoms with Gasteiger partial charge in [0.05, 0.1) is 0 Å². The summed E-state index contributed by atoms with van der Waals surface area (Å²) in [5.74, 6) is 9.10. The van der Waals surface area contributed by atoms with Crippen molar-refractivity contribution in [1.29, 1.82) is 0 Å². The Morgan fingerprint density at radius 1 is 0.600 bits per heavy atom. The Balaban J connectivity index is 0.933. The first-order valence-corrected chi connectivity index (χ1v) is 40.0. The van der Waals surface area contributed by atoms with Crippen LogP contribution >= 0.6 is 17.2 Å². The van der Waals surface area contributed by atoms with E-state index in [1.807, 2.05) is 6.16 Å². The van der Waals surface area contributed by atoms with E-state index in [2.05, 4.69) is 69.8 Å².